The van der Waals surface area contributed by atoms with Gasteiger partial charge < -0.3 is 15.4 Å². The maximum atomic E-state index is 6.32. The molecule has 6 heteroatoms. The van der Waals surface area contributed by atoms with E-state index in [0.717, 1.165) is 29.7 Å². The Morgan fingerprint density at radius 3 is 2.68 bits per heavy atom. The van der Waals surface area contributed by atoms with Gasteiger partial charge in [-0.3, -0.25) is 4.68 Å². The average molecular weight is 333 g/mol. The third-order valence-electron chi connectivity index (χ3n) is 3.21. The molecule has 19 heavy (non-hydrogen) atoms. The van der Waals surface area contributed by atoms with E-state index in [2.05, 4.69) is 25.9 Å². The fourth-order valence-electron chi connectivity index (χ4n) is 1.92. The number of likely N-dealkylation sites (N-methyl/N-ethyl adjacent to an activating group) is 1. The van der Waals surface area contributed by atoms with Crippen molar-refractivity contribution in [2.75, 3.05) is 27.7 Å². The molecule has 5 nitrogen and oxygen atoms in total. The van der Waals surface area contributed by atoms with E-state index in [1.165, 1.54) is 0 Å². The Labute approximate surface area is 124 Å². The molecule has 0 amide bonds. The van der Waals surface area contributed by atoms with Crippen molar-refractivity contribution in [1.82, 2.24) is 14.7 Å². The first-order chi connectivity index (χ1) is 8.76. The highest BCUT2D eigenvalue weighted by molar-refractivity contribution is 9.10. The number of hydrogen-bond donors (Lipinski definition) is 1. The van der Waals surface area contributed by atoms with Crippen LogP contribution in [0, 0.1) is 0 Å². The fourth-order valence-corrected chi connectivity index (χ4v) is 2.51. The molecule has 0 bridgehead atoms. The topological polar surface area (TPSA) is 56.3 Å². The number of halogens is 1. The summed E-state index contributed by atoms with van der Waals surface area (Å²) in [5.41, 5.74) is 7.12. The third kappa shape index (κ3) is 4.87. The normalized spacial score (nSPS) is 14.1. The lowest BCUT2D eigenvalue weighted by Crippen LogP contribution is -2.31. The van der Waals surface area contributed by atoms with E-state index in [1.54, 1.807) is 7.11 Å². The fraction of sp³-hybridized carbons (Fsp3) is 0.769. The van der Waals surface area contributed by atoms with Crippen LogP contribution < -0.4 is 5.73 Å². The molecule has 0 fully saturated rings. The Hall–Kier alpha value is -0.430. The van der Waals surface area contributed by atoms with E-state index in [1.807, 2.05) is 38.8 Å². The Kier molecular flexibility index (Phi) is 5.98. The average Bonchev–Trinajstić information content (AvgIpc) is 2.67. The van der Waals surface area contributed by atoms with Crippen molar-refractivity contribution in [3.63, 3.8) is 0 Å². The van der Waals surface area contributed by atoms with E-state index in [0.29, 0.717) is 0 Å². The second-order valence-corrected chi connectivity index (χ2v) is 6.53. The summed E-state index contributed by atoms with van der Waals surface area (Å²) in [7, 11) is 5.81. The van der Waals surface area contributed by atoms with Gasteiger partial charge in [0.15, 0.2) is 0 Å². The van der Waals surface area contributed by atoms with Crippen molar-refractivity contribution < 1.29 is 4.74 Å². The third-order valence-corrected chi connectivity index (χ3v) is 3.82. The second-order valence-electron chi connectivity index (χ2n) is 5.68. The summed E-state index contributed by atoms with van der Waals surface area (Å²) < 4.78 is 8.39. The Balaban J connectivity index is 2.83. The van der Waals surface area contributed by atoms with Crippen molar-refractivity contribution in [1.29, 1.82) is 0 Å². The van der Waals surface area contributed by atoms with Gasteiger partial charge in [-0.2, -0.15) is 5.10 Å². The number of nitrogens with two attached hydrogens (primary N) is 1. The van der Waals surface area contributed by atoms with Crippen molar-refractivity contribution in [2.24, 2.45) is 5.73 Å². The monoisotopic (exact) mass is 332 g/mol. The van der Waals surface area contributed by atoms with Crippen LogP contribution in [0.1, 0.15) is 32.0 Å². The van der Waals surface area contributed by atoms with Gasteiger partial charge in [0.05, 0.1) is 34.6 Å². The summed E-state index contributed by atoms with van der Waals surface area (Å²) in [6.45, 7) is 5.85. The molecule has 0 radical (unpaired) electrons. The number of nitrogens with zero attached hydrogens (tertiary/aromatic N) is 3. The Morgan fingerprint density at radius 1 is 1.53 bits per heavy atom. The highest BCUT2D eigenvalue weighted by Gasteiger charge is 2.25. The summed E-state index contributed by atoms with van der Waals surface area (Å²) in [6, 6.07) is -0.103. The maximum absolute atomic E-state index is 6.32. The molecule has 0 saturated heterocycles. The lowest BCUT2D eigenvalue weighted by atomic mass is 9.97. The predicted molar refractivity (Wildman–Crippen MR) is 81.1 cm³/mol. The van der Waals surface area contributed by atoms with Gasteiger partial charge in [-0.25, -0.2) is 0 Å². The van der Waals surface area contributed by atoms with Crippen LogP contribution in [0.25, 0.3) is 0 Å². The van der Waals surface area contributed by atoms with E-state index in [-0.39, 0.29) is 11.6 Å². The smallest absolute Gasteiger partial charge is 0.0695 e. The van der Waals surface area contributed by atoms with E-state index < -0.39 is 0 Å². The molecule has 2 N–H and O–H groups in total. The molecular weight excluding hydrogens is 308 g/mol. The first-order valence-electron chi connectivity index (χ1n) is 6.43. The van der Waals surface area contributed by atoms with Crippen molar-refractivity contribution in [2.45, 2.75) is 38.5 Å². The molecule has 1 aromatic rings. The van der Waals surface area contributed by atoms with Crippen molar-refractivity contribution in [3.8, 4) is 0 Å². The van der Waals surface area contributed by atoms with Gasteiger partial charge in [0.2, 0.25) is 0 Å². The molecule has 1 aromatic heterocycles. The summed E-state index contributed by atoms with van der Waals surface area (Å²) in [5, 5.41) is 4.39. The summed E-state index contributed by atoms with van der Waals surface area (Å²) in [6.07, 6.45) is 2.56. The summed E-state index contributed by atoms with van der Waals surface area (Å²) in [5.74, 6) is 0. The zero-order valence-electron chi connectivity index (χ0n) is 12.5. The van der Waals surface area contributed by atoms with Crippen LogP contribution in [-0.2, 0) is 11.3 Å². The first-order valence-corrected chi connectivity index (χ1v) is 7.23. The molecule has 0 aliphatic carbocycles. The molecule has 110 valence electrons. The summed E-state index contributed by atoms with van der Waals surface area (Å²) in [4.78, 5) is 2.13. The molecule has 0 aliphatic rings. The molecule has 1 rings (SSSR count). The number of aromatic nitrogens is 2. The maximum Gasteiger partial charge on any atom is 0.0695 e. The quantitative estimate of drug-likeness (QED) is 0.829. The van der Waals surface area contributed by atoms with Gasteiger partial charge >= 0.3 is 0 Å². The van der Waals surface area contributed by atoms with Crippen LogP contribution in [-0.4, -0.2) is 48.0 Å². The molecule has 0 aromatic carbocycles. The van der Waals surface area contributed by atoms with E-state index in [4.69, 9.17) is 10.5 Å². The first kappa shape index (κ1) is 16.6. The van der Waals surface area contributed by atoms with Crippen LogP contribution in [0.2, 0.25) is 0 Å². The van der Waals surface area contributed by atoms with Gasteiger partial charge in [0, 0.05) is 13.7 Å². The van der Waals surface area contributed by atoms with Gasteiger partial charge in [0.1, 0.15) is 0 Å². The molecular formula is C13H25BrN4O. The second kappa shape index (κ2) is 6.83. The molecule has 1 atom stereocenters. The van der Waals surface area contributed by atoms with E-state index >= 15 is 0 Å². The molecule has 1 unspecified atom stereocenters. The van der Waals surface area contributed by atoms with Crippen LogP contribution in [0.5, 0.6) is 0 Å². The molecule has 0 aliphatic heterocycles. The lowest BCUT2D eigenvalue weighted by Gasteiger charge is -2.27. The minimum Gasteiger partial charge on any atom is -0.379 e. The zero-order valence-corrected chi connectivity index (χ0v) is 14.1. The van der Waals surface area contributed by atoms with E-state index in [9.17, 15) is 0 Å². The number of ether oxygens (including phenoxy) is 1. The van der Waals surface area contributed by atoms with Gasteiger partial charge in [-0.05, 0) is 50.3 Å². The summed E-state index contributed by atoms with van der Waals surface area (Å²) >= 11 is 3.54. The molecule has 0 spiro atoms. The van der Waals surface area contributed by atoms with Gasteiger partial charge in [-0.15, -0.1) is 0 Å². The van der Waals surface area contributed by atoms with Crippen LogP contribution >= 0.6 is 15.9 Å². The number of methoxy groups -OCH3 is 1. The largest absolute Gasteiger partial charge is 0.379 e. The van der Waals surface area contributed by atoms with Crippen LogP contribution in [0.4, 0.5) is 0 Å². The Bertz CT molecular complexity index is 403. The van der Waals surface area contributed by atoms with Crippen molar-refractivity contribution >= 4 is 15.9 Å². The van der Waals surface area contributed by atoms with Crippen molar-refractivity contribution in [3.05, 3.63) is 16.4 Å². The highest BCUT2D eigenvalue weighted by Crippen LogP contribution is 2.28. The SMILES string of the molecule is COC(C)(C)CC(N)c1c(Br)cnn1CCN(C)C. The Morgan fingerprint density at radius 2 is 2.16 bits per heavy atom. The van der Waals surface area contributed by atoms with Gasteiger partial charge in [0.25, 0.3) is 0 Å². The molecule has 1 heterocycles. The van der Waals surface area contributed by atoms with Crippen LogP contribution in [0.3, 0.4) is 0 Å². The highest BCUT2D eigenvalue weighted by atomic mass is 79.9. The minimum absolute atomic E-state index is 0.103. The number of hydrogen-bond acceptors (Lipinski definition) is 4. The number of rotatable bonds is 7. The minimum atomic E-state index is -0.241. The zero-order chi connectivity index (χ0) is 14.6. The lowest BCUT2D eigenvalue weighted by molar-refractivity contribution is 0.00928. The predicted octanol–water partition coefficient (Wildman–Crippen LogP) is 2.02. The van der Waals surface area contributed by atoms with Gasteiger partial charge in [-0.1, -0.05) is 0 Å². The van der Waals surface area contributed by atoms with Crippen LogP contribution in [0.15, 0.2) is 10.7 Å². The standard InChI is InChI=1S/C13H25BrN4O/c1-13(2,19-5)8-11(15)12-10(14)9-16-18(12)7-6-17(3)4/h9,11H,6-8,15H2,1-5H3. The molecule has 0 saturated carbocycles.